The van der Waals surface area contributed by atoms with E-state index in [9.17, 15) is 10.1 Å². The highest BCUT2D eigenvalue weighted by Crippen LogP contribution is 2.24. The Bertz CT molecular complexity index is 928. The number of benzene rings is 1. The number of hydrogen-bond donors (Lipinski definition) is 1. The van der Waals surface area contributed by atoms with E-state index in [4.69, 9.17) is 0 Å². The third kappa shape index (κ3) is 3.00. The molecule has 5 nitrogen and oxygen atoms in total. The molecule has 0 spiro atoms. The average molecular weight is 320 g/mol. The highest BCUT2D eigenvalue weighted by molar-refractivity contribution is 7.98. The number of H-pyrrole nitrogens is 1. The maximum atomic E-state index is 12.0. The van der Waals surface area contributed by atoms with Gasteiger partial charge in [0.15, 0.2) is 5.16 Å². The van der Waals surface area contributed by atoms with Crippen LogP contribution in [0.3, 0.4) is 0 Å². The molecule has 0 saturated carbocycles. The normalized spacial score (nSPS) is 10.3. The minimum absolute atomic E-state index is 0.0217. The molecule has 0 bridgehead atoms. The fraction of sp³-hybridized carbons (Fsp3) is 0.0588. The Kier molecular flexibility index (Phi) is 4.22. The molecular formula is C17H12N4OS. The lowest BCUT2D eigenvalue weighted by atomic mass is 10.0. The van der Waals surface area contributed by atoms with Crippen molar-refractivity contribution < 1.29 is 0 Å². The quantitative estimate of drug-likeness (QED) is 0.592. The molecule has 23 heavy (non-hydrogen) atoms. The molecule has 0 fully saturated rings. The van der Waals surface area contributed by atoms with Crippen LogP contribution in [0.2, 0.25) is 0 Å². The van der Waals surface area contributed by atoms with E-state index in [1.54, 1.807) is 6.20 Å². The van der Waals surface area contributed by atoms with Gasteiger partial charge >= 0.3 is 0 Å². The number of rotatable bonds is 3. The predicted octanol–water partition coefficient (Wildman–Crippen LogP) is 3.09. The van der Waals surface area contributed by atoms with Crippen LogP contribution in [0.4, 0.5) is 0 Å². The van der Waals surface area contributed by atoms with Crippen LogP contribution in [0.5, 0.6) is 0 Å². The van der Waals surface area contributed by atoms with E-state index in [0.29, 0.717) is 10.9 Å². The van der Waals surface area contributed by atoms with E-state index in [0.717, 1.165) is 16.8 Å². The first kappa shape index (κ1) is 15.0. The highest BCUT2D eigenvalue weighted by atomic mass is 32.2. The first-order chi connectivity index (χ1) is 11.2. The number of aromatic nitrogens is 3. The van der Waals surface area contributed by atoms with Gasteiger partial charge < -0.3 is 4.98 Å². The van der Waals surface area contributed by atoms with Gasteiger partial charge in [0.2, 0.25) is 0 Å². The van der Waals surface area contributed by atoms with Crippen LogP contribution in [-0.4, -0.2) is 21.2 Å². The summed E-state index contributed by atoms with van der Waals surface area (Å²) in [6.45, 7) is 0. The van der Waals surface area contributed by atoms with E-state index >= 15 is 0 Å². The Morgan fingerprint density at radius 2 is 1.87 bits per heavy atom. The van der Waals surface area contributed by atoms with Crippen LogP contribution in [0.15, 0.2) is 58.6 Å². The van der Waals surface area contributed by atoms with E-state index < -0.39 is 5.56 Å². The molecule has 1 N–H and O–H groups in total. The zero-order valence-electron chi connectivity index (χ0n) is 12.3. The molecule has 1 aromatic carbocycles. The summed E-state index contributed by atoms with van der Waals surface area (Å²) >= 11 is 1.32. The standard InChI is InChI=1S/C17H12N4OS/c1-23-17-20-15(13(10-18)16(22)21-17)12-7-5-11(6-8-12)14-4-2-3-9-19-14/h2-9H,1H3,(H,20,21,22). The van der Waals surface area contributed by atoms with E-state index in [-0.39, 0.29) is 5.56 Å². The van der Waals surface area contributed by atoms with Crippen LogP contribution in [0.1, 0.15) is 5.56 Å². The minimum atomic E-state index is -0.421. The Hall–Kier alpha value is -2.91. The lowest BCUT2D eigenvalue weighted by Gasteiger charge is -2.06. The Morgan fingerprint density at radius 3 is 2.48 bits per heavy atom. The number of nitrogens with zero attached hydrogens (tertiary/aromatic N) is 3. The molecule has 112 valence electrons. The monoisotopic (exact) mass is 320 g/mol. The van der Waals surface area contributed by atoms with Crippen LogP contribution >= 0.6 is 11.8 Å². The van der Waals surface area contributed by atoms with Crippen molar-refractivity contribution in [2.24, 2.45) is 0 Å². The van der Waals surface area contributed by atoms with E-state index in [2.05, 4.69) is 15.0 Å². The number of nitriles is 1. The number of thioether (sulfide) groups is 1. The zero-order valence-corrected chi connectivity index (χ0v) is 13.1. The summed E-state index contributed by atoms with van der Waals surface area (Å²) in [6, 6.07) is 15.1. The second-order valence-electron chi connectivity index (χ2n) is 4.70. The molecule has 0 aliphatic heterocycles. The molecule has 3 rings (SSSR count). The van der Waals surface area contributed by atoms with Gasteiger partial charge in [-0.2, -0.15) is 5.26 Å². The van der Waals surface area contributed by atoms with Crippen molar-refractivity contribution in [2.45, 2.75) is 5.16 Å². The van der Waals surface area contributed by atoms with Gasteiger partial charge in [-0.25, -0.2) is 4.98 Å². The number of hydrogen-bond acceptors (Lipinski definition) is 5. The number of pyridine rings is 1. The molecule has 2 aromatic heterocycles. The van der Waals surface area contributed by atoms with Crippen molar-refractivity contribution >= 4 is 11.8 Å². The summed E-state index contributed by atoms with van der Waals surface area (Å²) in [6.07, 6.45) is 3.55. The van der Waals surface area contributed by atoms with Gasteiger partial charge in [-0.1, -0.05) is 42.1 Å². The smallest absolute Gasteiger partial charge is 0.270 e. The van der Waals surface area contributed by atoms with Gasteiger partial charge in [0, 0.05) is 17.3 Å². The number of aromatic amines is 1. The maximum absolute atomic E-state index is 12.0. The summed E-state index contributed by atoms with van der Waals surface area (Å²) in [5.74, 6) is 0. The van der Waals surface area contributed by atoms with Gasteiger partial charge in [-0.3, -0.25) is 9.78 Å². The summed E-state index contributed by atoms with van der Waals surface area (Å²) in [5, 5.41) is 9.71. The van der Waals surface area contributed by atoms with Gasteiger partial charge in [-0.05, 0) is 18.4 Å². The van der Waals surface area contributed by atoms with Crippen molar-refractivity contribution in [2.75, 3.05) is 6.26 Å². The van der Waals surface area contributed by atoms with Crippen molar-refractivity contribution in [3.05, 3.63) is 64.6 Å². The van der Waals surface area contributed by atoms with Crippen LogP contribution < -0.4 is 5.56 Å². The lowest BCUT2D eigenvalue weighted by molar-refractivity contribution is 0.937. The zero-order chi connectivity index (χ0) is 16.2. The second kappa shape index (κ2) is 6.46. The molecule has 0 unspecified atom stereocenters. The second-order valence-corrected chi connectivity index (χ2v) is 5.50. The molecule has 0 amide bonds. The van der Waals surface area contributed by atoms with Crippen LogP contribution in [0, 0.1) is 11.3 Å². The SMILES string of the molecule is CSc1nc(-c2ccc(-c3ccccn3)cc2)c(C#N)c(=O)[nH]1. The Labute approximate surface area is 137 Å². The van der Waals surface area contributed by atoms with Crippen LogP contribution in [0.25, 0.3) is 22.5 Å². The first-order valence-corrected chi connectivity index (χ1v) is 8.05. The highest BCUT2D eigenvalue weighted by Gasteiger charge is 2.13. The van der Waals surface area contributed by atoms with Crippen LogP contribution in [-0.2, 0) is 0 Å². The first-order valence-electron chi connectivity index (χ1n) is 6.83. The molecule has 3 aromatic rings. The Morgan fingerprint density at radius 1 is 1.13 bits per heavy atom. The van der Waals surface area contributed by atoms with Gasteiger partial charge in [0.25, 0.3) is 5.56 Å². The van der Waals surface area contributed by atoms with Gasteiger partial charge in [-0.15, -0.1) is 0 Å². The third-order valence-electron chi connectivity index (χ3n) is 3.32. The lowest BCUT2D eigenvalue weighted by Crippen LogP contribution is -2.14. The predicted molar refractivity (Wildman–Crippen MR) is 90.0 cm³/mol. The summed E-state index contributed by atoms with van der Waals surface area (Å²) < 4.78 is 0. The molecule has 0 aliphatic rings. The fourth-order valence-corrected chi connectivity index (χ4v) is 2.57. The van der Waals surface area contributed by atoms with Crippen molar-refractivity contribution in [3.8, 4) is 28.6 Å². The summed E-state index contributed by atoms with van der Waals surface area (Å²) in [4.78, 5) is 23.2. The van der Waals surface area contributed by atoms with E-state index in [1.165, 1.54) is 11.8 Å². The van der Waals surface area contributed by atoms with Gasteiger partial charge in [0.1, 0.15) is 11.6 Å². The largest absolute Gasteiger partial charge is 0.300 e. The third-order valence-corrected chi connectivity index (χ3v) is 3.90. The van der Waals surface area contributed by atoms with Gasteiger partial charge in [0.05, 0.1) is 11.4 Å². The average Bonchev–Trinajstić information content (AvgIpc) is 2.62. The molecule has 0 aliphatic carbocycles. The molecule has 6 heteroatoms. The molecule has 0 radical (unpaired) electrons. The van der Waals surface area contributed by atoms with Crippen molar-refractivity contribution in [3.63, 3.8) is 0 Å². The van der Waals surface area contributed by atoms with Crippen molar-refractivity contribution in [1.29, 1.82) is 5.26 Å². The Balaban J connectivity index is 2.08. The van der Waals surface area contributed by atoms with Crippen molar-refractivity contribution in [1.82, 2.24) is 15.0 Å². The maximum Gasteiger partial charge on any atom is 0.270 e. The molecule has 0 saturated heterocycles. The summed E-state index contributed by atoms with van der Waals surface area (Å²) in [7, 11) is 0. The fourth-order valence-electron chi connectivity index (χ4n) is 2.19. The summed E-state index contributed by atoms with van der Waals surface area (Å²) in [5.41, 5.74) is 2.55. The van der Waals surface area contributed by atoms with E-state index in [1.807, 2.05) is 54.8 Å². The number of nitrogens with one attached hydrogen (secondary N) is 1. The molecule has 0 atom stereocenters. The molecule has 2 heterocycles. The topological polar surface area (TPSA) is 82.4 Å². The minimum Gasteiger partial charge on any atom is -0.300 e. The molecular weight excluding hydrogens is 308 g/mol.